The second kappa shape index (κ2) is 8.21. The third-order valence-electron chi connectivity index (χ3n) is 4.11. The van der Waals surface area contributed by atoms with Gasteiger partial charge in [-0.25, -0.2) is 4.39 Å². The number of hydrogen-bond donors (Lipinski definition) is 1. The molecule has 25 heavy (non-hydrogen) atoms. The molecule has 3 rings (SSSR count). The molecule has 0 saturated carbocycles. The smallest absolute Gasteiger partial charge is 0.256 e. The zero-order chi connectivity index (χ0) is 17.6. The summed E-state index contributed by atoms with van der Waals surface area (Å²) in [6.45, 7) is 2.49. The van der Waals surface area contributed by atoms with E-state index >= 15 is 0 Å². The van der Waals surface area contributed by atoms with E-state index in [1.54, 1.807) is 24.3 Å². The van der Waals surface area contributed by atoms with Crippen LogP contribution < -0.4 is 10.1 Å². The molecule has 2 aromatic carbocycles. The Morgan fingerprint density at radius 2 is 1.88 bits per heavy atom. The minimum Gasteiger partial charge on any atom is -0.492 e. The zero-order valence-corrected chi connectivity index (χ0v) is 14.6. The van der Waals surface area contributed by atoms with Crippen LogP contribution in [0.5, 0.6) is 5.75 Å². The fourth-order valence-corrected chi connectivity index (χ4v) is 3.00. The molecule has 0 atom stereocenters. The van der Waals surface area contributed by atoms with Crippen molar-refractivity contribution in [3.63, 3.8) is 0 Å². The van der Waals surface area contributed by atoms with Crippen molar-refractivity contribution in [1.82, 2.24) is 4.90 Å². The van der Waals surface area contributed by atoms with Crippen molar-refractivity contribution in [2.45, 2.75) is 12.8 Å². The summed E-state index contributed by atoms with van der Waals surface area (Å²) in [6.07, 6.45) is 2.08. The molecule has 0 aliphatic carbocycles. The maximum atomic E-state index is 12.9. The molecular formula is C19H20ClFN2O2. The lowest BCUT2D eigenvalue weighted by Crippen LogP contribution is -2.28. The average Bonchev–Trinajstić information content (AvgIpc) is 3.15. The molecule has 6 heteroatoms. The van der Waals surface area contributed by atoms with E-state index in [0.717, 1.165) is 31.6 Å². The van der Waals surface area contributed by atoms with Gasteiger partial charge in [-0.1, -0.05) is 11.6 Å². The van der Waals surface area contributed by atoms with Crippen molar-refractivity contribution in [3.8, 4) is 5.75 Å². The van der Waals surface area contributed by atoms with Crippen LogP contribution in [0.15, 0.2) is 42.5 Å². The van der Waals surface area contributed by atoms with Gasteiger partial charge in [0.2, 0.25) is 0 Å². The van der Waals surface area contributed by atoms with Crippen LogP contribution in [-0.4, -0.2) is 37.0 Å². The third-order valence-corrected chi connectivity index (χ3v) is 4.34. The molecule has 0 unspecified atom stereocenters. The van der Waals surface area contributed by atoms with Crippen molar-refractivity contribution in [1.29, 1.82) is 0 Å². The Bertz CT molecular complexity index is 731. The Morgan fingerprint density at radius 1 is 1.16 bits per heavy atom. The molecule has 1 fully saturated rings. The van der Waals surface area contributed by atoms with E-state index in [0.29, 0.717) is 29.5 Å². The predicted molar refractivity (Wildman–Crippen MR) is 97.0 cm³/mol. The minimum absolute atomic E-state index is 0.00181. The quantitative estimate of drug-likeness (QED) is 0.783. The highest BCUT2D eigenvalue weighted by atomic mass is 35.5. The molecule has 0 spiro atoms. The maximum Gasteiger partial charge on any atom is 0.256 e. The number of nitrogens with zero attached hydrogens (tertiary/aromatic N) is 1. The molecule has 0 aromatic heterocycles. The molecule has 1 N–H and O–H groups in total. The van der Waals surface area contributed by atoms with E-state index in [-0.39, 0.29) is 11.7 Å². The van der Waals surface area contributed by atoms with Crippen LogP contribution >= 0.6 is 11.6 Å². The fourth-order valence-electron chi connectivity index (χ4n) is 2.82. The molecule has 2 aromatic rings. The van der Waals surface area contributed by atoms with Crippen molar-refractivity contribution in [3.05, 3.63) is 58.9 Å². The third kappa shape index (κ3) is 4.63. The SMILES string of the molecule is O=C(c1cc(Cl)ccc1NCCOc1ccc(F)cc1)N1CCCC1. The molecule has 132 valence electrons. The Balaban J connectivity index is 1.59. The highest BCUT2D eigenvalue weighted by molar-refractivity contribution is 6.31. The van der Waals surface area contributed by atoms with Crippen molar-refractivity contribution >= 4 is 23.2 Å². The number of benzene rings is 2. The van der Waals surface area contributed by atoms with E-state index in [1.807, 2.05) is 11.0 Å². The van der Waals surface area contributed by atoms with Gasteiger partial charge >= 0.3 is 0 Å². The van der Waals surface area contributed by atoms with E-state index < -0.39 is 0 Å². The van der Waals surface area contributed by atoms with Gasteiger partial charge in [0.05, 0.1) is 5.56 Å². The van der Waals surface area contributed by atoms with E-state index in [1.165, 1.54) is 12.1 Å². The van der Waals surface area contributed by atoms with Crippen LogP contribution in [0, 0.1) is 5.82 Å². The highest BCUT2D eigenvalue weighted by Gasteiger charge is 2.22. The summed E-state index contributed by atoms with van der Waals surface area (Å²) in [4.78, 5) is 14.5. The molecule has 1 saturated heterocycles. The number of carbonyl (C=O) groups excluding carboxylic acids is 1. The minimum atomic E-state index is -0.295. The number of ether oxygens (including phenoxy) is 1. The Labute approximate surface area is 151 Å². The standard InChI is InChI=1S/C19H20ClFN2O2/c20-14-3-8-18(17(13-14)19(24)23-10-1-2-11-23)22-9-12-25-16-6-4-15(21)5-7-16/h3-8,13,22H,1-2,9-12H2. The second-order valence-corrected chi connectivity index (χ2v) is 6.35. The van der Waals surface area contributed by atoms with Gasteiger partial charge in [0.25, 0.3) is 5.91 Å². The first-order valence-electron chi connectivity index (χ1n) is 8.34. The average molecular weight is 363 g/mol. The van der Waals surface area contributed by atoms with Crippen LogP contribution in [0.4, 0.5) is 10.1 Å². The van der Waals surface area contributed by atoms with Crippen LogP contribution in [0.25, 0.3) is 0 Å². The van der Waals surface area contributed by atoms with Crippen LogP contribution in [-0.2, 0) is 0 Å². The van der Waals surface area contributed by atoms with Crippen LogP contribution in [0.3, 0.4) is 0 Å². The highest BCUT2D eigenvalue weighted by Crippen LogP contribution is 2.24. The van der Waals surface area contributed by atoms with Gasteiger partial charge in [-0.15, -0.1) is 0 Å². The summed E-state index contributed by atoms with van der Waals surface area (Å²) < 4.78 is 18.4. The summed E-state index contributed by atoms with van der Waals surface area (Å²) >= 11 is 6.07. The molecule has 4 nitrogen and oxygen atoms in total. The van der Waals surface area contributed by atoms with Gasteiger partial charge in [-0.2, -0.15) is 0 Å². The number of anilines is 1. The maximum absolute atomic E-state index is 12.9. The lowest BCUT2D eigenvalue weighted by molar-refractivity contribution is 0.0793. The van der Waals surface area contributed by atoms with Crippen molar-refractivity contribution in [2.24, 2.45) is 0 Å². The number of likely N-dealkylation sites (tertiary alicyclic amines) is 1. The first kappa shape index (κ1) is 17.5. The van der Waals surface area contributed by atoms with Gasteiger partial charge in [-0.3, -0.25) is 4.79 Å². The van der Waals surface area contributed by atoms with Gasteiger partial charge in [0.1, 0.15) is 18.2 Å². The largest absolute Gasteiger partial charge is 0.492 e. The van der Waals surface area contributed by atoms with Crippen LogP contribution in [0.2, 0.25) is 5.02 Å². The number of carbonyl (C=O) groups is 1. The van der Waals surface area contributed by atoms with Gasteiger partial charge < -0.3 is 15.0 Å². The number of amides is 1. The predicted octanol–water partition coefficient (Wildman–Crippen LogP) is 4.21. The number of halogens is 2. The Kier molecular flexibility index (Phi) is 5.76. The first-order valence-corrected chi connectivity index (χ1v) is 8.72. The number of nitrogens with one attached hydrogen (secondary N) is 1. The first-order chi connectivity index (χ1) is 12.1. The van der Waals surface area contributed by atoms with E-state index in [2.05, 4.69) is 5.32 Å². The van der Waals surface area contributed by atoms with Gasteiger partial charge in [-0.05, 0) is 55.3 Å². The number of hydrogen-bond acceptors (Lipinski definition) is 3. The van der Waals surface area contributed by atoms with E-state index in [9.17, 15) is 9.18 Å². The van der Waals surface area contributed by atoms with Gasteiger partial charge in [0.15, 0.2) is 0 Å². The lowest BCUT2D eigenvalue weighted by atomic mass is 10.1. The summed E-state index contributed by atoms with van der Waals surface area (Å²) in [7, 11) is 0. The normalized spacial score (nSPS) is 13.8. The van der Waals surface area contributed by atoms with E-state index in [4.69, 9.17) is 16.3 Å². The van der Waals surface area contributed by atoms with Gasteiger partial charge in [0, 0.05) is 30.3 Å². The second-order valence-electron chi connectivity index (χ2n) is 5.92. The fraction of sp³-hybridized carbons (Fsp3) is 0.316. The molecular weight excluding hydrogens is 343 g/mol. The molecule has 1 heterocycles. The molecule has 1 aliphatic heterocycles. The van der Waals surface area contributed by atoms with Crippen LogP contribution in [0.1, 0.15) is 23.2 Å². The summed E-state index contributed by atoms with van der Waals surface area (Å²) in [5, 5.41) is 3.76. The number of rotatable bonds is 6. The topological polar surface area (TPSA) is 41.6 Å². The monoisotopic (exact) mass is 362 g/mol. The molecule has 0 bridgehead atoms. The molecule has 0 radical (unpaired) electrons. The molecule has 1 aliphatic rings. The summed E-state index contributed by atoms with van der Waals surface area (Å²) in [5.74, 6) is 0.311. The van der Waals surface area contributed by atoms with Crippen molar-refractivity contribution < 1.29 is 13.9 Å². The van der Waals surface area contributed by atoms with Crippen molar-refractivity contribution in [2.75, 3.05) is 31.6 Å². The Hall–Kier alpha value is -2.27. The molecule has 1 amide bonds. The lowest BCUT2D eigenvalue weighted by Gasteiger charge is -2.18. The summed E-state index contributed by atoms with van der Waals surface area (Å²) in [6, 6.07) is 11.1. The summed E-state index contributed by atoms with van der Waals surface area (Å²) in [5.41, 5.74) is 1.32. The Morgan fingerprint density at radius 3 is 2.60 bits per heavy atom. The zero-order valence-electron chi connectivity index (χ0n) is 13.8.